The van der Waals surface area contributed by atoms with Crippen LogP contribution in [0.25, 0.3) is 0 Å². The van der Waals surface area contributed by atoms with Crippen molar-refractivity contribution in [3.8, 4) is 0 Å². The van der Waals surface area contributed by atoms with Gasteiger partial charge in [-0.1, -0.05) is 0 Å². The number of rotatable bonds is 3. The Labute approximate surface area is 109 Å². The van der Waals surface area contributed by atoms with Crippen LogP contribution in [0.1, 0.15) is 40.5 Å². The predicted molar refractivity (Wildman–Crippen MR) is 71.1 cm³/mol. The van der Waals surface area contributed by atoms with E-state index >= 15 is 0 Å². The summed E-state index contributed by atoms with van der Waals surface area (Å²) in [5.41, 5.74) is -0.273. The molecule has 0 saturated carbocycles. The molecule has 104 valence electrons. The van der Waals surface area contributed by atoms with Gasteiger partial charge >= 0.3 is 0 Å². The van der Waals surface area contributed by atoms with E-state index in [1.165, 1.54) is 0 Å². The molecule has 5 heteroatoms. The number of hydrogen-bond donors (Lipinski definition) is 3. The standard InChI is InChI=1S/C13H25N3O2/c1-9(11(17)16-13(2,3)4)15-12(18)10-5-7-14-8-6-10/h9-10,14H,5-8H2,1-4H3,(H,15,18)(H,16,17). The second kappa shape index (κ2) is 6.18. The van der Waals surface area contributed by atoms with Crippen LogP contribution in [0.3, 0.4) is 0 Å². The molecule has 0 aliphatic carbocycles. The van der Waals surface area contributed by atoms with E-state index in [1.807, 2.05) is 20.8 Å². The molecule has 1 atom stereocenters. The molecule has 5 nitrogen and oxygen atoms in total. The summed E-state index contributed by atoms with van der Waals surface area (Å²) in [5, 5.41) is 8.87. The van der Waals surface area contributed by atoms with Gasteiger partial charge in [-0.2, -0.15) is 0 Å². The second-order valence-corrected chi connectivity index (χ2v) is 5.99. The van der Waals surface area contributed by atoms with Gasteiger partial charge in [-0.3, -0.25) is 9.59 Å². The van der Waals surface area contributed by atoms with Gasteiger partial charge in [0.2, 0.25) is 11.8 Å². The van der Waals surface area contributed by atoms with Crippen molar-refractivity contribution in [1.29, 1.82) is 0 Å². The molecule has 1 heterocycles. The molecule has 1 aliphatic heterocycles. The average molecular weight is 255 g/mol. The fraction of sp³-hybridized carbons (Fsp3) is 0.846. The molecule has 0 aromatic heterocycles. The van der Waals surface area contributed by atoms with Crippen LogP contribution in [-0.2, 0) is 9.59 Å². The molecule has 2 amide bonds. The third-order valence-corrected chi connectivity index (χ3v) is 2.96. The van der Waals surface area contributed by atoms with Crippen molar-refractivity contribution in [2.75, 3.05) is 13.1 Å². The Morgan fingerprint density at radius 3 is 2.28 bits per heavy atom. The Morgan fingerprint density at radius 1 is 1.22 bits per heavy atom. The highest BCUT2D eigenvalue weighted by Gasteiger charge is 2.25. The first-order valence-corrected chi connectivity index (χ1v) is 6.63. The Bertz CT molecular complexity index is 304. The molecule has 18 heavy (non-hydrogen) atoms. The van der Waals surface area contributed by atoms with Gasteiger partial charge in [0.05, 0.1) is 0 Å². The molecule has 1 aliphatic rings. The monoisotopic (exact) mass is 255 g/mol. The van der Waals surface area contributed by atoms with E-state index in [0.717, 1.165) is 25.9 Å². The summed E-state index contributed by atoms with van der Waals surface area (Å²) < 4.78 is 0. The summed E-state index contributed by atoms with van der Waals surface area (Å²) in [7, 11) is 0. The highest BCUT2D eigenvalue weighted by atomic mass is 16.2. The first-order valence-electron chi connectivity index (χ1n) is 6.63. The van der Waals surface area contributed by atoms with Gasteiger partial charge < -0.3 is 16.0 Å². The van der Waals surface area contributed by atoms with Crippen molar-refractivity contribution in [1.82, 2.24) is 16.0 Å². The van der Waals surface area contributed by atoms with Crippen molar-refractivity contribution < 1.29 is 9.59 Å². The molecule has 0 spiro atoms. The van der Waals surface area contributed by atoms with Gasteiger partial charge in [-0.05, 0) is 53.6 Å². The number of carbonyl (C=O) groups excluding carboxylic acids is 2. The summed E-state index contributed by atoms with van der Waals surface area (Å²) >= 11 is 0. The molecule has 0 aromatic rings. The molecule has 0 radical (unpaired) electrons. The Hall–Kier alpha value is -1.10. The highest BCUT2D eigenvalue weighted by Crippen LogP contribution is 2.11. The predicted octanol–water partition coefficient (Wildman–Crippen LogP) is 0.405. The maximum absolute atomic E-state index is 12.0. The zero-order chi connectivity index (χ0) is 13.8. The maximum Gasteiger partial charge on any atom is 0.242 e. The molecule has 1 saturated heterocycles. The van der Waals surface area contributed by atoms with Crippen molar-refractivity contribution in [2.45, 2.75) is 52.1 Å². The summed E-state index contributed by atoms with van der Waals surface area (Å²) in [4.78, 5) is 23.8. The van der Waals surface area contributed by atoms with Gasteiger partial charge in [-0.15, -0.1) is 0 Å². The van der Waals surface area contributed by atoms with Crippen LogP contribution in [-0.4, -0.2) is 36.5 Å². The number of nitrogens with one attached hydrogen (secondary N) is 3. The number of amides is 2. The van der Waals surface area contributed by atoms with E-state index in [1.54, 1.807) is 6.92 Å². The maximum atomic E-state index is 12.0. The molecule has 0 aromatic carbocycles. The number of piperidine rings is 1. The van der Waals surface area contributed by atoms with Gasteiger partial charge in [0.15, 0.2) is 0 Å². The van der Waals surface area contributed by atoms with Crippen molar-refractivity contribution in [3.63, 3.8) is 0 Å². The van der Waals surface area contributed by atoms with E-state index in [2.05, 4.69) is 16.0 Å². The quantitative estimate of drug-likeness (QED) is 0.684. The van der Waals surface area contributed by atoms with E-state index in [0.29, 0.717) is 0 Å². The van der Waals surface area contributed by atoms with E-state index < -0.39 is 6.04 Å². The first kappa shape index (κ1) is 15.0. The summed E-state index contributed by atoms with van der Waals surface area (Å²) in [6.07, 6.45) is 1.69. The topological polar surface area (TPSA) is 70.2 Å². The molecular formula is C13H25N3O2. The van der Waals surface area contributed by atoms with Crippen LogP contribution >= 0.6 is 0 Å². The molecule has 1 unspecified atom stereocenters. The molecule has 1 fully saturated rings. The van der Waals surface area contributed by atoms with E-state index in [4.69, 9.17) is 0 Å². The lowest BCUT2D eigenvalue weighted by molar-refractivity contribution is -0.131. The van der Waals surface area contributed by atoms with Gasteiger partial charge in [0.1, 0.15) is 6.04 Å². The fourth-order valence-electron chi connectivity index (χ4n) is 1.96. The Balaban J connectivity index is 2.41. The second-order valence-electron chi connectivity index (χ2n) is 5.99. The zero-order valence-electron chi connectivity index (χ0n) is 11.8. The minimum atomic E-state index is -0.480. The van der Waals surface area contributed by atoms with Crippen LogP contribution in [0, 0.1) is 5.92 Å². The Kier molecular flexibility index (Phi) is 5.14. The normalized spacial score (nSPS) is 19.1. The van der Waals surface area contributed by atoms with E-state index in [9.17, 15) is 9.59 Å². The van der Waals surface area contributed by atoms with Gasteiger partial charge in [0.25, 0.3) is 0 Å². The third-order valence-electron chi connectivity index (χ3n) is 2.96. The third kappa shape index (κ3) is 5.04. The minimum absolute atomic E-state index is 0.00643. The Morgan fingerprint density at radius 2 is 1.78 bits per heavy atom. The van der Waals surface area contributed by atoms with Crippen molar-refractivity contribution >= 4 is 11.8 Å². The lowest BCUT2D eigenvalue weighted by Gasteiger charge is -2.26. The van der Waals surface area contributed by atoms with Crippen LogP contribution in [0.15, 0.2) is 0 Å². The molecule has 0 bridgehead atoms. The number of hydrogen-bond acceptors (Lipinski definition) is 3. The van der Waals surface area contributed by atoms with Crippen LogP contribution in [0.5, 0.6) is 0 Å². The SMILES string of the molecule is CC(NC(=O)C1CCNCC1)C(=O)NC(C)(C)C. The minimum Gasteiger partial charge on any atom is -0.350 e. The largest absolute Gasteiger partial charge is 0.350 e. The first-order chi connectivity index (χ1) is 8.29. The number of carbonyl (C=O) groups is 2. The summed E-state index contributed by atoms with van der Waals surface area (Å²) in [5.74, 6) is -0.103. The van der Waals surface area contributed by atoms with Crippen LogP contribution < -0.4 is 16.0 Å². The summed E-state index contributed by atoms with van der Waals surface area (Å²) in [6, 6.07) is -0.480. The molecule has 1 rings (SSSR count). The summed E-state index contributed by atoms with van der Waals surface area (Å²) in [6.45, 7) is 9.24. The highest BCUT2D eigenvalue weighted by molar-refractivity contribution is 5.88. The van der Waals surface area contributed by atoms with Crippen LogP contribution in [0.2, 0.25) is 0 Å². The smallest absolute Gasteiger partial charge is 0.242 e. The van der Waals surface area contributed by atoms with E-state index in [-0.39, 0.29) is 23.3 Å². The lowest BCUT2D eigenvalue weighted by atomic mass is 9.97. The van der Waals surface area contributed by atoms with Crippen LogP contribution in [0.4, 0.5) is 0 Å². The van der Waals surface area contributed by atoms with Gasteiger partial charge in [-0.25, -0.2) is 0 Å². The fourth-order valence-corrected chi connectivity index (χ4v) is 1.96. The zero-order valence-corrected chi connectivity index (χ0v) is 11.8. The van der Waals surface area contributed by atoms with Crippen molar-refractivity contribution in [3.05, 3.63) is 0 Å². The molecule has 3 N–H and O–H groups in total. The van der Waals surface area contributed by atoms with Crippen molar-refractivity contribution in [2.24, 2.45) is 5.92 Å². The van der Waals surface area contributed by atoms with Gasteiger partial charge in [0, 0.05) is 11.5 Å². The average Bonchev–Trinajstić information content (AvgIpc) is 2.27. The molecular weight excluding hydrogens is 230 g/mol. The lowest BCUT2D eigenvalue weighted by Crippen LogP contribution is -2.52.